The summed E-state index contributed by atoms with van der Waals surface area (Å²) < 4.78 is 44.4. The number of carbonyl (C=O) groups is 1. The Morgan fingerprint density at radius 1 is 1.24 bits per heavy atom. The van der Waals surface area contributed by atoms with Gasteiger partial charge < -0.3 is 14.6 Å². The van der Waals surface area contributed by atoms with Gasteiger partial charge in [0.25, 0.3) is 0 Å². The van der Waals surface area contributed by atoms with Crippen LogP contribution < -0.4 is 9.46 Å². The molecule has 1 aliphatic rings. The first-order valence-electron chi connectivity index (χ1n) is 7.50. The number of aryl methyl sites for hydroxylation is 1. The van der Waals surface area contributed by atoms with Crippen molar-refractivity contribution in [1.29, 1.82) is 0 Å². The average Bonchev–Trinajstić information content (AvgIpc) is 2.91. The van der Waals surface area contributed by atoms with Crippen LogP contribution >= 0.6 is 23.3 Å². The van der Waals surface area contributed by atoms with E-state index in [1.807, 2.05) is 0 Å². The third-order valence-electron chi connectivity index (χ3n) is 3.71. The molecule has 1 aromatic carbocycles. The number of hydrogen-bond acceptors (Lipinski definition) is 5. The highest BCUT2D eigenvalue weighted by Crippen LogP contribution is 2.41. The van der Waals surface area contributed by atoms with Crippen LogP contribution in [0.2, 0.25) is 0 Å². The van der Waals surface area contributed by atoms with Crippen molar-refractivity contribution < 1.29 is 27.8 Å². The lowest BCUT2D eigenvalue weighted by Crippen LogP contribution is -2.17. The van der Waals surface area contributed by atoms with Crippen LogP contribution in [-0.4, -0.2) is 17.4 Å². The van der Waals surface area contributed by atoms with E-state index in [2.05, 4.69) is 9.46 Å². The summed E-state index contributed by atoms with van der Waals surface area (Å²) in [7, 11) is 0. The Morgan fingerprint density at radius 2 is 1.96 bits per heavy atom. The second kappa shape index (κ2) is 7.17. The molecule has 2 aromatic rings. The standard InChI is InChI=1S/C16H14F3NO3S2/c17-16(18,19)23-10-6-2-4-8-12(10)25-20-14-13(15(21)22)9-5-1-3-7-11(9)24-14/h2,4,6,8,20H,1,3,5,7H2,(H,21,22). The predicted octanol–water partition coefficient (Wildman–Crippen LogP) is 5.34. The normalized spacial score (nSPS) is 14.0. The van der Waals surface area contributed by atoms with Crippen LogP contribution in [0.1, 0.15) is 33.6 Å². The topological polar surface area (TPSA) is 58.6 Å². The maximum absolute atomic E-state index is 12.5. The van der Waals surface area contributed by atoms with E-state index in [1.165, 1.54) is 29.5 Å². The van der Waals surface area contributed by atoms with Crippen molar-refractivity contribution in [3.05, 3.63) is 40.3 Å². The first-order valence-corrected chi connectivity index (χ1v) is 9.14. The van der Waals surface area contributed by atoms with E-state index in [0.29, 0.717) is 11.4 Å². The van der Waals surface area contributed by atoms with Gasteiger partial charge in [-0.05, 0) is 55.3 Å². The number of hydrogen-bond donors (Lipinski definition) is 2. The van der Waals surface area contributed by atoms with Crippen molar-refractivity contribution in [1.82, 2.24) is 0 Å². The maximum atomic E-state index is 12.5. The Kier molecular flexibility index (Phi) is 5.14. The minimum Gasteiger partial charge on any atom is -0.478 e. The Hall–Kier alpha value is -1.87. The van der Waals surface area contributed by atoms with Crippen LogP contribution in [0.25, 0.3) is 0 Å². The summed E-state index contributed by atoms with van der Waals surface area (Å²) in [5.41, 5.74) is 1.06. The van der Waals surface area contributed by atoms with Gasteiger partial charge in [0, 0.05) is 4.88 Å². The summed E-state index contributed by atoms with van der Waals surface area (Å²) in [6.07, 6.45) is -1.28. The predicted molar refractivity (Wildman–Crippen MR) is 90.5 cm³/mol. The van der Waals surface area contributed by atoms with Gasteiger partial charge in [0.2, 0.25) is 0 Å². The molecule has 0 bridgehead atoms. The lowest BCUT2D eigenvalue weighted by Gasteiger charge is -2.13. The van der Waals surface area contributed by atoms with Crippen LogP contribution in [0.5, 0.6) is 5.75 Å². The van der Waals surface area contributed by atoms with Crippen LogP contribution in [0.4, 0.5) is 18.2 Å². The molecule has 1 aromatic heterocycles. The molecule has 25 heavy (non-hydrogen) atoms. The SMILES string of the molecule is O=C(O)c1c(NSc2ccccc2OC(F)(F)F)sc2c1CCCC2. The number of carboxylic acids is 1. The molecule has 134 valence electrons. The van der Waals surface area contributed by atoms with E-state index in [0.717, 1.165) is 41.7 Å². The molecular formula is C16H14F3NO3S2. The molecule has 0 amide bonds. The van der Waals surface area contributed by atoms with Gasteiger partial charge in [-0.2, -0.15) is 0 Å². The molecule has 0 unspecified atom stereocenters. The number of para-hydroxylation sites is 1. The fourth-order valence-electron chi connectivity index (χ4n) is 2.71. The van der Waals surface area contributed by atoms with Crippen LogP contribution in [0.15, 0.2) is 29.2 Å². The molecule has 0 aliphatic heterocycles. The first kappa shape index (κ1) is 17.9. The molecule has 0 saturated heterocycles. The van der Waals surface area contributed by atoms with Crippen molar-refractivity contribution in [3.63, 3.8) is 0 Å². The van der Waals surface area contributed by atoms with Crippen LogP contribution in [0.3, 0.4) is 0 Å². The minimum absolute atomic E-state index is 0.224. The number of ether oxygens (including phenoxy) is 1. The molecule has 0 atom stereocenters. The van der Waals surface area contributed by atoms with Crippen molar-refractivity contribution in [3.8, 4) is 5.75 Å². The third-order valence-corrected chi connectivity index (χ3v) is 5.91. The smallest absolute Gasteiger partial charge is 0.478 e. The highest BCUT2D eigenvalue weighted by atomic mass is 32.2. The lowest BCUT2D eigenvalue weighted by atomic mass is 9.96. The van der Waals surface area contributed by atoms with Crippen molar-refractivity contribution in [2.24, 2.45) is 0 Å². The van der Waals surface area contributed by atoms with Crippen LogP contribution in [0, 0.1) is 0 Å². The summed E-state index contributed by atoms with van der Waals surface area (Å²) in [5, 5.41) is 9.95. The Labute approximate surface area is 150 Å². The maximum Gasteiger partial charge on any atom is 0.573 e. The van der Waals surface area contributed by atoms with Crippen molar-refractivity contribution in [2.45, 2.75) is 36.9 Å². The number of alkyl halides is 3. The Morgan fingerprint density at radius 3 is 2.68 bits per heavy atom. The van der Waals surface area contributed by atoms with Gasteiger partial charge in [-0.15, -0.1) is 24.5 Å². The summed E-state index contributed by atoms with van der Waals surface area (Å²) in [6.45, 7) is 0. The van der Waals surface area contributed by atoms with Gasteiger partial charge in [0.15, 0.2) is 0 Å². The number of thiophene rings is 1. The second-order valence-corrected chi connectivity index (χ2v) is 7.37. The third kappa shape index (κ3) is 4.21. The fraction of sp³-hybridized carbons (Fsp3) is 0.312. The summed E-state index contributed by atoms with van der Waals surface area (Å²) in [5.74, 6) is -1.35. The fourth-order valence-corrected chi connectivity index (χ4v) is 4.79. The minimum atomic E-state index is -4.79. The molecule has 0 saturated carbocycles. The first-order chi connectivity index (χ1) is 11.8. The van der Waals surface area contributed by atoms with Gasteiger partial charge in [0.1, 0.15) is 10.8 Å². The second-order valence-electron chi connectivity index (χ2n) is 5.42. The molecule has 2 N–H and O–H groups in total. The van der Waals surface area contributed by atoms with E-state index in [1.54, 1.807) is 6.07 Å². The van der Waals surface area contributed by atoms with Crippen molar-refractivity contribution >= 4 is 34.3 Å². The molecule has 3 rings (SSSR count). The van der Waals surface area contributed by atoms with Crippen LogP contribution in [-0.2, 0) is 12.8 Å². The molecule has 0 fully saturated rings. The highest BCUT2D eigenvalue weighted by molar-refractivity contribution is 8.00. The summed E-state index contributed by atoms with van der Waals surface area (Å²) in [6, 6.07) is 5.73. The number of fused-ring (bicyclic) bond motifs is 1. The highest BCUT2D eigenvalue weighted by Gasteiger charge is 2.32. The molecule has 0 radical (unpaired) electrons. The van der Waals surface area contributed by atoms with E-state index in [9.17, 15) is 23.1 Å². The molecule has 1 heterocycles. The summed E-state index contributed by atoms with van der Waals surface area (Å²) >= 11 is 2.26. The number of benzene rings is 1. The Bertz CT molecular complexity index is 789. The number of aromatic carboxylic acids is 1. The average molecular weight is 389 g/mol. The quantitative estimate of drug-likeness (QED) is 0.676. The van der Waals surface area contributed by atoms with Crippen molar-refractivity contribution in [2.75, 3.05) is 4.72 Å². The zero-order valence-corrected chi connectivity index (χ0v) is 14.5. The van der Waals surface area contributed by atoms with Gasteiger partial charge >= 0.3 is 12.3 Å². The van der Waals surface area contributed by atoms with E-state index >= 15 is 0 Å². The van der Waals surface area contributed by atoms with E-state index in [-0.39, 0.29) is 16.2 Å². The molecule has 0 spiro atoms. The molecule has 9 heteroatoms. The number of anilines is 1. The number of halogens is 3. The van der Waals surface area contributed by atoms with Gasteiger partial charge in [-0.1, -0.05) is 12.1 Å². The monoisotopic (exact) mass is 389 g/mol. The number of carboxylic acid groups (broad SMARTS) is 1. The molecule has 1 aliphatic carbocycles. The zero-order valence-electron chi connectivity index (χ0n) is 12.9. The number of nitrogens with one attached hydrogen (secondary N) is 1. The summed E-state index contributed by atoms with van der Waals surface area (Å²) in [4.78, 5) is 12.9. The van der Waals surface area contributed by atoms with E-state index < -0.39 is 12.3 Å². The van der Waals surface area contributed by atoms with Gasteiger partial charge in [0.05, 0.1) is 10.5 Å². The molecular weight excluding hydrogens is 375 g/mol. The zero-order chi connectivity index (χ0) is 18.0. The van der Waals surface area contributed by atoms with E-state index in [4.69, 9.17) is 0 Å². The largest absolute Gasteiger partial charge is 0.573 e. The molecule has 4 nitrogen and oxygen atoms in total. The van der Waals surface area contributed by atoms with Gasteiger partial charge in [-0.25, -0.2) is 4.79 Å². The Balaban J connectivity index is 1.83. The van der Waals surface area contributed by atoms with Gasteiger partial charge in [-0.3, -0.25) is 0 Å². The number of rotatable bonds is 5. The lowest BCUT2D eigenvalue weighted by molar-refractivity contribution is -0.275.